The predicted octanol–water partition coefficient (Wildman–Crippen LogP) is 8.97. The molecule has 0 amide bonds. The van der Waals surface area contributed by atoms with Crippen molar-refractivity contribution >= 4 is 29.9 Å². The van der Waals surface area contributed by atoms with Crippen molar-refractivity contribution in [3.63, 3.8) is 0 Å². The summed E-state index contributed by atoms with van der Waals surface area (Å²) in [6.07, 6.45) is 4.81. The van der Waals surface area contributed by atoms with Crippen molar-refractivity contribution in [2.75, 3.05) is 6.35 Å². The Kier molecular flexibility index (Phi) is 7.37. The Bertz CT molecular complexity index is 1290. The largest absolute Gasteiger partial charge is 0.483 e. The molecule has 1 fully saturated rings. The lowest BCUT2D eigenvalue weighted by atomic mass is 9.75. The molecular formula is C31H33O3P. The maximum Gasteiger partial charge on any atom is 0.270 e. The van der Waals surface area contributed by atoms with Crippen molar-refractivity contribution in [2.24, 2.45) is 17.8 Å². The van der Waals surface area contributed by atoms with E-state index in [1.165, 1.54) is 10.8 Å². The summed E-state index contributed by atoms with van der Waals surface area (Å²) < 4.78 is 19.5. The van der Waals surface area contributed by atoms with E-state index < -0.39 is 8.38 Å². The van der Waals surface area contributed by atoms with Crippen molar-refractivity contribution < 1.29 is 13.8 Å². The Hall–Kier alpha value is -2.87. The van der Waals surface area contributed by atoms with Crippen LogP contribution in [-0.4, -0.2) is 12.5 Å². The van der Waals surface area contributed by atoms with Gasteiger partial charge in [0.05, 0.1) is 6.10 Å². The van der Waals surface area contributed by atoms with Gasteiger partial charge in [0.1, 0.15) is 11.5 Å². The summed E-state index contributed by atoms with van der Waals surface area (Å²) in [7, 11) is -1.30. The minimum absolute atomic E-state index is 0.137. The van der Waals surface area contributed by atoms with Crippen LogP contribution in [-0.2, 0) is 4.52 Å². The number of benzene rings is 4. The van der Waals surface area contributed by atoms with Crippen LogP contribution < -0.4 is 9.26 Å². The fourth-order valence-corrected chi connectivity index (χ4v) is 6.67. The Morgan fingerprint density at radius 2 is 1.31 bits per heavy atom. The number of rotatable bonds is 8. The Balaban J connectivity index is 1.35. The van der Waals surface area contributed by atoms with Gasteiger partial charge in [0.2, 0.25) is 0 Å². The number of allylic oxidation sites excluding steroid dienone is 1. The second kappa shape index (κ2) is 10.8. The summed E-state index contributed by atoms with van der Waals surface area (Å²) in [5.74, 6) is 3.08. The molecule has 1 aliphatic rings. The molecule has 0 bridgehead atoms. The van der Waals surface area contributed by atoms with Gasteiger partial charge in [0, 0.05) is 0 Å². The van der Waals surface area contributed by atoms with Crippen molar-refractivity contribution in [1.82, 2.24) is 0 Å². The smallest absolute Gasteiger partial charge is 0.270 e. The molecule has 4 aromatic carbocycles. The first-order valence-corrected chi connectivity index (χ1v) is 13.8. The summed E-state index contributed by atoms with van der Waals surface area (Å²) in [6.45, 7) is 8.59. The van der Waals surface area contributed by atoms with Gasteiger partial charge in [-0.25, -0.2) is 0 Å². The normalized spacial score (nSPS) is 23.1. The van der Waals surface area contributed by atoms with Crippen LogP contribution in [0.25, 0.3) is 21.5 Å². The zero-order valence-electron chi connectivity index (χ0n) is 20.5. The Morgan fingerprint density at radius 1 is 0.771 bits per heavy atom. The van der Waals surface area contributed by atoms with Crippen molar-refractivity contribution in [2.45, 2.75) is 32.8 Å². The molecule has 0 spiro atoms. The average molecular weight is 485 g/mol. The summed E-state index contributed by atoms with van der Waals surface area (Å²) >= 11 is 0. The molecule has 3 atom stereocenters. The average Bonchev–Trinajstić information content (AvgIpc) is 2.88. The first-order chi connectivity index (χ1) is 17.1. The second-order valence-corrected chi connectivity index (χ2v) is 11.0. The van der Waals surface area contributed by atoms with Crippen LogP contribution in [0.5, 0.6) is 11.5 Å². The van der Waals surface area contributed by atoms with E-state index >= 15 is 0 Å². The van der Waals surface area contributed by atoms with E-state index in [-0.39, 0.29) is 6.10 Å². The van der Waals surface area contributed by atoms with E-state index in [0.717, 1.165) is 35.1 Å². The molecule has 0 aliphatic heterocycles. The van der Waals surface area contributed by atoms with Crippen molar-refractivity contribution in [1.29, 1.82) is 0 Å². The van der Waals surface area contributed by atoms with Gasteiger partial charge in [-0.2, -0.15) is 0 Å². The monoisotopic (exact) mass is 484 g/mol. The van der Waals surface area contributed by atoms with E-state index in [1.807, 2.05) is 18.2 Å². The van der Waals surface area contributed by atoms with Gasteiger partial charge in [0.15, 0.2) is 6.35 Å². The Labute approximate surface area is 209 Å². The topological polar surface area (TPSA) is 27.7 Å². The number of hydrogen-bond acceptors (Lipinski definition) is 3. The molecule has 0 saturated heterocycles. The van der Waals surface area contributed by atoms with Crippen LogP contribution in [0.15, 0.2) is 97.6 Å². The van der Waals surface area contributed by atoms with Gasteiger partial charge in [0.25, 0.3) is 8.38 Å². The quantitative estimate of drug-likeness (QED) is 0.184. The summed E-state index contributed by atoms with van der Waals surface area (Å²) in [4.78, 5) is 0. The van der Waals surface area contributed by atoms with Gasteiger partial charge >= 0.3 is 0 Å². The van der Waals surface area contributed by atoms with E-state index in [4.69, 9.17) is 13.8 Å². The standard InChI is InChI=1S/C31H33O3P/c1-4-24-17-22(2)31(23(3)18-24)34-35(33-30-16-14-26-10-6-8-12-28(26)20-30)21-32-29-15-13-25-9-5-7-11-27(25)19-29/h4-16,19-20,22-24,31H,1,17-18,21H2,2-3H3. The molecule has 0 aromatic heterocycles. The number of fused-ring (bicyclic) bond motifs is 2. The van der Waals surface area contributed by atoms with E-state index in [0.29, 0.717) is 24.1 Å². The highest BCUT2D eigenvalue weighted by Crippen LogP contribution is 2.47. The zero-order chi connectivity index (χ0) is 24.2. The van der Waals surface area contributed by atoms with Crippen LogP contribution in [0.3, 0.4) is 0 Å². The fraction of sp³-hybridized carbons (Fsp3) is 0.290. The van der Waals surface area contributed by atoms with Crippen molar-refractivity contribution in [3.05, 3.63) is 97.6 Å². The fourth-order valence-electron chi connectivity index (χ4n) is 5.22. The van der Waals surface area contributed by atoms with Gasteiger partial charge in [-0.3, -0.25) is 0 Å². The minimum Gasteiger partial charge on any atom is -0.483 e. The molecule has 0 N–H and O–H groups in total. The van der Waals surface area contributed by atoms with Crippen LogP contribution in [0, 0.1) is 17.8 Å². The minimum atomic E-state index is -1.30. The predicted molar refractivity (Wildman–Crippen MR) is 147 cm³/mol. The lowest BCUT2D eigenvalue weighted by Crippen LogP contribution is -2.35. The molecule has 1 saturated carbocycles. The van der Waals surface area contributed by atoms with Crippen LogP contribution in [0.4, 0.5) is 0 Å². The number of hydrogen-bond donors (Lipinski definition) is 0. The lowest BCUT2D eigenvalue weighted by Gasteiger charge is -2.39. The first kappa shape index (κ1) is 23.9. The molecule has 3 nitrogen and oxygen atoms in total. The van der Waals surface area contributed by atoms with Crippen LogP contribution >= 0.6 is 8.38 Å². The second-order valence-electron chi connectivity index (χ2n) is 9.71. The van der Waals surface area contributed by atoms with Gasteiger partial charge in [-0.05, 0) is 76.4 Å². The van der Waals surface area contributed by atoms with Gasteiger partial charge in [-0.15, -0.1) is 6.58 Å². The third kappa shape index (κ3) is 5.69. The maximum atomic E-state index is 6.72. The molecule has 3 unspecified atom stereocenters. The van der Waals surface area contributed by atoms with Crippen LogP contribution in [0.1, 0.15) is 26.7 Å². The molecule has 5 rings (SSSR count). The third-order valence-corrected chi connectivity index (χ3v) is 8.26. The van der Waals surface area contributed by atoms with Gasteiger partial charge < -0.3 is 13.8 Å². The molecule has 180 valence electrons. The Morgan fingerprint density at radius 3 is 1.91 bits per heavy atom. The van der Waals surface area contributed by atoms with E-state index in [2.05, 4.69) is 93.2 Å². The highest BCUT2D eigenvalue weighted by molar-refractivity contribution is 7.47. The molecule has 0 radical (unpaired) electrons. The van der Waals surface area contributed by atoms with E-state index in [9.17, 15) is 0 Å². The SMILES string of the molecule is C=CC1CC(C)C(OP(COc2ccc3ccccc3c2)Oc2ccc3ccccc3c2)C(C)C1. The lowest BCUT2D eigenvalue weighted by molar-refractivity contribution is 0.0409. The number of ether oxygens (including phenoxy) is 1. The zero-order valence-corrected chi connectivity index (χ0v) is 21.4. The van der Waals surface area contributed by atoms with Gasteiger partial charge in [-0.1, -0.05) is 80.6 Å². The van der Waals surface area contributed by atoms with Crippen molar-refractivity contribution in [3.8, 4) is 11.5 Å². The summed E-state index contributed by atoms with van der Waals surface area (Å²) in [5, 5.41) is 4.72. The molecule has 1 aliphatic carbocycles. The molecule has 4 heteroatoms. The summed E-state index contributed by atoms with van der Waals surface area (Å²) in [6, 6.07) is 29.1. The molecule has 0 heterocycles. The maximum absolute atomic E-state index is 6.72. The first-order valence-electron chi connectivity index (χ1n) is 12.4. The molecular weight excluding hydrogens is 451 g/mol. The third-order valence-electron chi connectivity index (χ3n) is 7.03. The molecule has 4 aromatic rings. The van der Waals surface area contributed by atoms with E-state index in [1.54, 1.807) is 0 Å². The van der Waals surface area contributed by atoms with Crippen LogP contribution in [0.2, 0.25) is 0 Å². The highest BCUT2D eigenvalue weighted by Gasteiger charge is 2.35. The summed E-state index contributed by atoms with van der Waals surface area (Å²) in [5.41, 5.74) is 0. The molecule has 35 heavy (non-hydrogen) atoms. The highest BCUT2D eigenvalue weighted by atomic mass is 31.2.